The van der Waals surface area contributed by atoms with Crippen molar-refractivity contribution in [3.63, 3.8) is 0 Å². The van der Waals surface area contributed by atoms with Crippen LogP contribution in [-0.4, -0.2) is 33.3 Å². The summed E-state index contributed by atoms with van der Waals surface area (Å²) in [6.45, 7) is 0. The van der Waals surface area contributed by atoms with E-state index >= 15 is 0 Å². The summed E-state index contributed by atoms with van der Waals surface area (Å²) in [6.07, 6.45) is 1.02. The number of methoxy groups -OCH3 is 3. The molecule has 108 valence electrons. The molecule has 0 aliphatic carbocycles. The highest BCUT2D eigenvalue weighted by Gasteiger charge is 2.14. The minimum atomic E-state index is -0.682. The lowest BCUT2D eigenvalue weighted by Gasteiger charge is -2.11. The molecule has 0 fully saturated rings. The third kappa shape index (κ3) is 4.27. The Morgan fingerprint density at radius 1 is 1.20 bits per heavy atom. The molecular formula is C13H14BrNO5. The third-order valence-corrected chi connectivity index (χ3v) is 2.97. The van der Waals surface area contributed by atoms with Crippen molar-refractivity contribution >= 4 is 33.6 Å². The first-order valence-electron chi connectivity index (χ1n) is 5.50. The second-order valence-electron chi connectivity index (χ2n) is 3.54. The Kier molecular flexibility index (Phi) is 6.05. The topological polar surface area (TPSA) is 73.9 Å². The maximum atomic E-state index is 11.6. The van der Waals surface area contributed by atoms with Crippen molar-refractivity contribution in [2.75, 3.05) is 26.6 Å². The fraction of sp³-hybridized carbons (Fsp3) is 0.231. The molecule has 0 aliphatic rings. The minimum Gasteiger partial charge on any atom is -0.497 e. The number of benzene rings is 1. The van der Waals surface area contributed by atoms with Crippen molar-refractivity contribution in [3.8, 4) is 5.75 Å². The Morgan fingerprint density at radius 2 is 1.90 bits per heavy atom. The molecule has 0 atom stereocenters. The fourth-order valence-electron chi connectivity index (χ4n) is 1.30. The van der Waals surface area contributed by atoms with E-state index in [2.05, 4.69) is 30.7 Å². The summed E-state index contributed by atoms with van der Waals surface area (Å²) in [6, 6.07) is 5.12. The molecule has 0 radical (unpaired) electrons. The Bertz CT molecular complexity index is 542. The molecule has 0 heterocycles. The first-order chi connectivity index (χ1) is 9.51. The minimum absolute atomic E-state index is 0.0368. The zero-order valence-electron chi connectivity index (χ0n) is 11.2. The number of ether oxygens (including phenoxy) is 3. The van der Waals surface area contributed by atoms with E-state index in [0.717, 1.165) is 6.08 Å². The van der Waals surface area contributed by atoms with E-state index < -0.39 is 11.9 Å². The van der Waals surface area contributed by atoms with E-state index in [1.807, 2.05) is 0 Å². The monoisotopic (exact) mass is 343 g/mol. The molecular weight excluding hydrogens is 330 g/mol. The molecule has 0 bridgehead atoms. The number of anilines is 1. The number of rotatable bonds is 5. The van der Waals surface area contributed by atoms with Crippen LogP contribution in [0.4, 0.5) is 5.69 Å². The SMILES string of the molecule is COC(=O)/C=C(/Nc1ccc(OC)cc1Br)C(=O)OC. The van der Waals surface area contributed by atoms with Crippen LogP contribution in [0.5, 0.6) is 5.75 Å². The van der Waals surface area contributed by atoms with Gasteiger partial charge < -0.3 is 19.5 Å². The van der Waals surface area contributed by atoms with Gasteiger partial charge in [-0.05, 0) is 34.1 Å². The molecule has 20 heavy (non-hydrogen) atoms. The number of halogens is 1. The summed E-state index contributed by atoms with van der Waals surface area (Å²) in [5, 5.41) is 2.80. The smallest absolute Gasteiger partial charge is 0.354 e. The number of carbonyl (C=O) groups is 2. The van der Waals surface area contributed by atoms with Crippen molar-refractivity contribution in [3.05, 3.63) is 34.4 Å². The lowest BCUT2D eigenvalue weighted by molar-refractivity contribution is -0.138. The second kappa shape index (κ2) is 7.54. The lowest BCUT2D eigenvalue weighted by Crippen LogP contribution is -2.15. The van der Waals surface area contributed by atoms with Crippen LogP contribution in [0.15, 0.2) is 34.4 Å². The number of hydrogen-bond acceptors (Lipinski definition) is 6. The Morgan fingerprint density at radius 3 is 2.40 bits per heavy atom. The van der Waals surface area contributed by atoms with Crippen LogP contribution in [0.2, 0.25) is 0 Å². The largest absolute Gasteiger partial charge is 0.497 e. The van der Waals surface area contributed by atoms with Gasteiger partial charge in [-0.1, -0.05) is 0 Å². The van der Waals surface area contributed by atoms with Crippen LogP contribution < -0.4 is 10.1 Å². The molecule has 0 saturated carbocycles. The van der Waals surface area contributed by atoms with Crippen LogP contribution in [0.3, 0.4) is 0 Å². The van der Waals surface area contributed by atoms with E-state index in [1.165, 1.54) is 14.2 Å². The molecule has 0 aromatic heterocycles. The van der Waals surface area contributed by atoms with Crippen LogP contribution in [-0.2, 0) is 19.1 Å². The van der Waals surface area contributed by atoms with Gasteiger partial charge in [0.05, 0.1) is 33.1 Å². The Labute approximate surface area is 124 Å². The van der Waals surface area contributed by atoms with Crippen molar-refractivity contribution in [2.24, 2.45) is 0 Å². The highest BCUT2D eigenvalue weighted by molar-refractivity contribution is 9.10. The first-order valence-corrected chi connectivity index (χ1v) is 6.29. The molecule has 0 spiro atoms. The molecule has 7 heteroatoms. The second-order valence-corrected chi connectivity index (χ2v) is 4.40. The summed E-state index contributed by atoms with van der Waals surface area (Å²) in [4.78, 5) is 22.8. The molecule has 0 saturated heterocycles. The molecule has 0 aliphatic heterocycles. The summed E-state index contributed by atoms with van der Waals surface area (Å²) < 4.78 is 14.8. The molecule has 1 aromatic rings. The van der Waals surface area contributed by atoms with Crippen LogP contribution in [0, 0.1) is 0 Å². The van der Waals surface area contributed by atoms with Gasteiger partial charge in [0, 0.05) is 4.47 Å². The first kappa shape index (κ1) is 16.0. The predicted molar refractivity (Wildman–Crippen MR) is 76.4 cm³/mol. The fourth-order valence-corrected chi connectivity index (χ4v) is 1.76. The van der Waals surface area contributed by atoms with Gasteiger partial charge in [0.2, 0.25) is 0 Å². The van der Waals surface area contributed by atoms with Gasteiger partial charge in [0.15, 0.2) is 0 Å². The number of esters is 2. The van der Waals surface area contributed by atoms with Gasteiger partial charge in [-0.25, -0.2) is 9.59 Å². The molecule has 6 nitrogen and oxygen atoms in total. The van der Waals surface area contributed by atoms with Crippen LogP contribution in [0.25, 0.3) is 0 Å². The van der Waals surface area contributed by atoms with Crippen molar-refractivity contribution in [1.82, 2.24) is 0 Å². The zero-order chi connectivity index (χ0) is 15.1. The third-order valence-electron chi connectivity index (χ3n) is 2.31. The summed E-state index contributed by atoms with van der Waals surface area (Å²) >= 11 is 3.33. The molecule has 1 N–H and O–H groups in total. The zero-order valence-corrected chi connectivity index (χ0v) is 12.8. The quantitative estimate of drug-likeness (QED) is 0.651. The van der Waals surface area contributed by atoms with E-state index in [1.54, 1.807) is 25.3 Å². The molecule has 0 unspecified atom stereocenters. The normalized spacial score (nSPS) is 10.7. The van der Waals surface area contributed by atoms with E-state index in [9.17, 15) is 9.59 Å². The average molecular weight is 344 g/mol. The maximum absolute atomic E-state index is 11.6. The predicted octanol–water partition coefficient (Wildman–Crippen LogP) is 2.10. The van der Waals surface area contributed by atoms with E-state index in [0.29, 0.717) is 15.9 Å². The maximum Gasteiger partial charge on any atom is 0.354 e. The van der Waals surface area contributed by atoms with Gasteiger partial charge in [-0.15, -0.1) is 0 Å². The van der Waals surface area contributed by atoms with Gasteiger partial charge in [-0.3, -0.25) is 0 Å². The van der Waals surface area contributed by atoms with Gasteiger partial charge in [0.25, 0.3) is 0 Å². The van der Waals surface area contributed by atoms with Gasteiger partial charge in [0.1, 0.15) is 11.4 Å². The summed E-state index contributed by atoms with van der Waals surface area (Å²) in [5.74, 6) is -0.695. The van der Waals surface area contributed by atoms with Crippen molar-refractivity contribution in [2.45, 2.75) is 0 Å². The Balaban J connectivity index is 3.04. The van der Waals surface area contributed by atoms with Crippen LogP contribution >= 0.6 is 15.9 Å². The van der Waals surface area contributed by atoms with Crippen molar-refractivity contribution in [1.29, 1.82) is 0 Å². The standard InChI is InChI=1S/C13H14BrNO5/c1-18-8-4-5-10(9(14)6-8)15-11(13(17)20-3)7-12(16)19-2/h4-7,15H,1-3H3/b11-7+. The summed E-state index contributed by atoms with van der Waals surface area (Å²) in [5.41, 5.74) is 0.538. The van der Waals surface area contributed by atoms with E-state index in [-0.39, 0.29) is 5.70 Å². The number of hydrogen-bond donors (Lipinski definition) is 1. The van der Waals surface area contributed by atoms with Gasteiger partial charge in [-0.2, -0.15) is 0 Å². The van der Waals surface area contributed by atoms with Crippen LogP contribution in [0.1, 0.15) is 0 Å². The lowest BCUT2D eigenvalue weighted by atomic mass is 10.2. The highest BCUT2D eigenvalue weighted by Crippen LogP contribution is 2.28. The molecule has 1 aromatic carbocycles. The number of carbonyl (C=O) groups excluding carboxylic acids is 2. The summed E-state index contributed by atoms with van der Waals surface area (Å²) in [7, 11) is 3.99. The molecule has 1 rings (SSSR count). The Hall–Kier alpha value is -2.02. The number of nitrogens with one attached hydrogen (secondary N) is 1. The molecule has 0 amide bonds. The van der Waals surface area contributed by atoms with Crippen molar-refractivity contribution < 1.29 is 23.8 Å². The van der Waals surface area contributed by atoms with Gasteiger partial charge >= 0.3 is 11.9 Å². The average Bonchev–Trinajstić information content (AvgIpc) is 2.47. The highest BCUT2D eigenvalue weighted by atomic mass is 79.9. The van der Waals surface area contributed by atoms with E-state index in [4.69, 9.17) is 4.74 Å².